The zero-order valence-electron chi connectivity index (χ0n) is 21.9. The van der Waals surface area contributed by atoms with Crippen LogP contribution in [0.4, 0.5) is 0 Å². The highest BCUT2D eigenvalue weighted by atomic mass is 16.6. The molecule has 0 saturated carbocycles. The van der Waals surface area contributed by atoms with Gasteiger partial charge in [0.25, 0.3) is 0 Å². The molecule has 0 aromatic rings. The Labute approximate surface area is 218 Å². The molecule has 0 amide bonds. The van der Waals surface area contributed by atoms with Gasteiger partial charge >= 0.3 is 23.9 Å². The summed E-state index contributed by atoms with van der Waals surface area (Å²) in [6, 6.07) is 0. The zero-order valence-corrected chi connectivity index (χ0v) is 21.9. The van der Waals surface area contributed by atoms with Gasteiger partial charge in [-0.1, -0.05) is 0 Å². The molecular weight excluding hydrogens is 492 g/mol. The highest BCUT2D eigenvalue weighted by molar-refractivity contribution is 5.70. The first-order chi connectivity index (χ1) is 18.0. The molecule has 0 spiro atoms. The van der Waals surface area contributed by atoms with E-state index in [1.165, 1.54) is 0 Å². The van der Waals surface area contributed by atoms with Gasteiger partial charge in [0, 0.05) is 45.5 Å². The van der Waals surface area contributed by atoms with Gasteiger partial charge in [-0.25, -0.2) is 0 Å². The Hall–Kier alpha value is -2.28. The molecule has 0 unspecified atom stereocenters. The molecule has 1 fully saturated rings. The van der Waals surface area contributed by atoms with Crippen LogP contribution in [0.25, 0.3) is 0 Å². The van der Waals surface area contributed by atoms with Crippen molar-refractivity contribution in [3.05, 3.63) is 0 Å². The lowest BCUT2D eigenvalue weighted by atomic mass is 10.3. The fourth-order valence-corrected chi connectivity index (χ4v) is 2.88. The number of carbonyl (C=O) groups excluding carboxylic acids is 4. The molecule has 1 atom stereocenters. The first-order valence-corrected chi connectivity index (χ1v) is 12.9. The van der Waals surface area contributed by atoms with E-state index < -0.39 is 0 Å². The Morgan fingerprint density at radius 1 is 0.459 bits per heavy atom. The third-order valence-corrected chi connectivity index (χ3v) is 4.89. The first kappa shape index (κ1) is 32.7. The number of cyclic esters (lactones) is 4. The van der Waals surface area contributed by atoms with Crippen molar-refractivity contribution in [1.29, 1.82) is 0 Å². The standard InChI is InChI=1S/C25H42O12/c1-21-5-16-31-12-4-15-36-23(27)7-18-32-17-6-22(26)34-13-2-10-30-11-3-14-35-24(28)8-19-33-20-9-25(29)37-21/h21H,2-20H2,1H3/t21-/m1/s1. The smallest absolute Gasteiger partial charge is 0.308 e. The highest BCUT2D eigenvalue weighted by Gasteiger charge is 2.11. The third-order valence-electron chi connectivity index (χ3n) is 4.89. The van der Waals surface area contributed by atoms with E-state index in [1.807, 2.05) is 0 Å². The number of carbonyl (C=O) groups is 4. The number of esters is 4. The maximum atomic E-state index is 11.9. The SMILES string of the molecule is C[C@@H]1CCOCCCOC(=O)CCOCCC(=O)OCCCOCCCOC(=O)CCOCCC(=O)O1. The molecular formula is C25H42O12. The van der Waals surface area contributed by atoms with Crippen molar-refractivity contribution in [3.63, 3.8) is 0 Å². The van der Waals surface area contributed by atoms with E-state index in [-0.39, 0.29) is 102 Å². The van der Waals surface area contributed by atoms with Crippen LogP contribution >= 0.6 is 0 Å². The van der Waals surface area contributed by atoms with Gasteiger partial charge in [-0.05, 0) is 6.92 Å². The summed E-state index contributed by atoms with van der Waals surface area (Å²) >= 11 is 0. The van der Waals surface area contributed by atoms with Crippen molar-refractivity contribution in [2.45, 2.75) is 64.4 Å². The van der Waals surface area contributed by atoms with Crippen LogP contribution in [-0.2, 0) is 57.1 Å². The molecule has 1 aliphatic rings. The van der Waals surface area contributed by atoms with Gasteiger partial charge < -0.3 is 37.9 Å². The Balaban J connectivity index is 2.28. The Kier molecular flexibility index (Phi) is 20.3. The molecule has 12 heteroatoms. The minimum absolute atomic E-state index is 0.0905. The highest BCUT2D eigenvalue weighted by Crippen LogP contribution is 2.02. The van der Waals surface area contributed by atoms with E-state index in [0.29, 0.717) is 52.1 Å². The van der Waals surface area contributed by atoms with Gasteiger partial charge in [0.1, 0.15) is 6.10 Å². The van der Waals surface area contributed by atoms with Gasteiger partial charge in [-0.2, -0.15) is 0 Å². The van der Waals surface area contributed by atoms with Crippen molar-refractivity contribution in [1.82, 2.24) is 0 Å². The molecule has 0 bridgehead atoms. The first-order valence-electron chi connectivity index (χ1n) is 12.9. The Morgan fingerprint density at radius 2 is 0.811 bits per heavy atom. The second-order valence-electron chi connectivity index (χ2n) is 8.26. The lowest BCUT2D eigenvalue weighted by Gasteiger charge is -2.13. The van der Waals surface area contributed by atoms with Crippen LogP contribution in [0.15, 0.2) is 0 Å². The number of ether oxygens (including phenoxy) is 8. The average Bonchev–Trinajstić information content (AvgIpc) is 2.86. The number of hydrogen-bond acceptors (Lipinski definition) is 12. The van der Waals surface area contributed by atoms with Crippen LogP contribution in [0, 0.1) is 0 Å². The Morgan fingerprint density at radius 3 is 1.24 bits per heavy atom. The summed E-state index contributed by atoms with van der Waals surface area (Å²) in [6.07, 6.45) is 2.25. The summed E-state index contributed by atoms with van der Waals surface area (Å²) < 4.78 is 42.1. The van der Waals surface area contributed by atoms with E-state index in [9.17, 15) is 19.2 Å². The van der Waals surface area contributed by atoms with Crippen LogP contribution in [0.3, 0.4) is 0 Å². The molecule has 214 valence electrons. The zero-order chi connectivity index (χ0) is 27.0. The van der Waals surface area contributed by atoms with Gasteiger partial charge in [0.05, 0.1) is 78.5 Å². The molecule has 1 aliphatic heterocycles. The van der Waals surface area contributed by atoms with Crippen LogP contribution in [0.2, 0.25) is 0 Å². The van der Waals surface area contributed by atoms with Crippen molar-refractivity contribution >= 4 is 23.9 Å². The van der Waals surface area contributed by atoms with Gasteiger partial charge in [0.2, 0.25) is 0 Å². The molecule has 1 rings (SSSR count). The minimum atomic E-state index is -0.380. The van der Waals surface area contributed by atoms with Crippen LogP contribution in [0.5, 0.6) is 0 Å². The summed E-state index contributed by atoms with van der Waals surface area (Å²) in [5.41, 5.74) is 0. The molecule has 12 nitrogen and oxygen atoms in total. The third kappa shape index (κ3) is 21.5. The number of hydrogen-bond donors (Lipinski definition) is 0. The molecule has 37 heavy (non-hydrogen) atoms. The molecule has 0 aromatic carbocycles. The van der Waals surface area contributed by atoms with E-state index in [4.69, 9.17) is 37.9 Å². The van der Waals surface area contributed by atoms with Crippen molar-refractivity contribution in [3.8, 4) is 0 Å². The predicted molar refractivity (Wildman–Crippen MR) is 129 cm³/mol. The van der Waals surface area contributed by atoms with Gasteiger partial charge in [0.15, 0.2) is 0 Å². The summed E-state index contributed by atoms with van der Waals surface area (Å²) in [5.74, 6) is -1.51. The van der Waals surface area contributed by atoms with Gasteiger partial charge in [-0.15, -0.1) is 0 Å². The number of rotatable bonds is 0. The summed E-state index contributed by atoms with van der Waals surface area (Å²) in [4.78, 5) is 46.9. The molecule has 1 heterocycles. The van der Waals surface area contributed by atoms with Crippen LogP contribution in [-0.4, -0.2) is 103 Å². The van der Waals surface area contributed by atoms with E-state index in [1.54, 1.807) is 6.92 Å². The quantitative estimate of drug-likeness (QED) is 0.330. The van der Waals surface area contributed by atoms with Crippen LogP contribution < -0.4 is 0 Å². The molecule has 0 N–H and O–H groups in total. The maximum Gasteiger partial charge on any atom is 0.308 e. The molecule has 0 radical (unpaired) electrons. The largest absolute Gasteiger partial charge is 0.466 e. The summed E-state index contributed by atoms with van der Waals surface area (Å²) in [5, 5.41) is 0. The predicted octanol–water partition coefficient (Wildman–Crippen LogP) is 1.75. The molecule has 1 saturated heterocycles. The average molecular weight is 535 g/mol. The molecule has 0 aromatic heterocycles. The van der Waals surface area contributed by atoms with E-state index in [0.717, 1.165) is 0 Å². The van der Waals surface area contributed by atoms with E-state index >= 15 is 0 Å². The molecule has 0 aliphatic carbocycles. The van der Waals surface area contributed by atoms with Crippen molar-refractivity contribution in [2.24, 2.45) is 0 Å². The summed E-state index contributed by atoms with van der Waals surface area (Å²) in [6.45, 7) is 4.78. The van der Waals surface area contributed by atoms with E-state index in [2.05, 4.69) is 0 Å². The van der Waals surface area contributed by atoms with Crippen molar-refractivity contribution in [2.75, 3.05) is 72.7 Å². The minimum Gasteiger partial charge on any atom is -0.466 e. The second-order valence-corrected chi connectivity index (χ2v) is 8.26. The van der Waals surface area contributed by atoms with Gasteiger partial charge in [-0.3, -0.25) is 19.2 Å². The lowest BCUT2D eigenvalue weighted by Crippen LogP contribution is -2.19. The van der Waals surface area contributed by atoms with Crippen LogP contribution in [0.1, 0.15) is 58.3 Å². The normalized spacial score (nSPS) is 23.8. The topological polar surface area (TPSA) is 142 Å². The van der Waals surface area contributed by atoms with Crippen molar-refractivity contribution < 1.29 is 57.1 Å². The fourth-order valence-electron chi connectivity index (χ4n) is 2.88. The Bertz CT molecular complexity index is 637. The fraction of sp³-hybridized carbons (Fsp3) is 0.840. The lowest BCUT2D eigenvalue weighted by molar-refractivity contribution is -0.150. The summed E-state index contributed by atoms with van der Waals surface area (Å²) in [7, 11) is 0. The second kappa shape index (κ2) is 22.9. The maximum absolute atomic E-state index is 11.9. The monoisotopic (exact) mass is 534 g/mol.